The number of carbonyl (C=O) groups excluding carboxylic acids is 1. The first-order chi connectivity index (χ1) is 24.0. The predicted octanol–water partition coefficient (Wildman–Crippen LogP) is 6.01. The lowest BCUT2D eigenvalue weighted by atomic mass is 9.89. The van der Waals surface area contributed by atoms with E-state index in [1.54, 1.807) is 0 Å². The number of rotatable bonds is 9. The topological polar surface area (TPSA) is 107 Å². The number of anilines is 2. The third-order valence-electron chi connectivity index (χ3n) is 10.4. The van der Waals surface area contributed by atoms with Crippen LogP contribution in [0.1, 0.15) is 48.1 Å². The van der Waals surface area contributed by atoms with Crippen LogP contribution >= 0.6 is 0 Å². The largest absolute Gasteiger partial charge is 0.462 e. The van der Waals surface area contributed by atoms with Crippen molar-refractivity contribution in [3.05, 3.63) is 89.1 Å². The number of hydrogen-bond donors (Lipinski definition) is 1. The van der Waals surface area contributed by atoms with Gasteiger partial charge in [-0.2, -0.15) is 15.2 Å². The number of benzene rings is 3. The molecule has 4 heterocycles. The van der Waals surface area contributed by atoms with Gasteiger partial charge in [0.15, 0.2) is 0 Å². The summed E-state index contributed by atoms with van der Waals surface area (Å²) >= 11 is 0. The molecule has 10 heteroatoms. The van der Waals surface area contributed by atoms with Crippen LogP contribution in [-0.2, 0) is 24.3 Å². The van der Waals surface area contributed by atoms with Crippen LogP contribution in [0.3, 0.4) is 0 Å². The molecule has 4 aromatic rings. The van der Waals surface area contributed by atoms with Crippen molar-refractivity contribution in [2.24, 2.45) is 5.92 Å². The quantitative estimate of drug-likeness (QED) is 0.231. The number of likely N-dealkylation sites (tertiary alicyclic amines) is 1. The molecule has 2 saturated heterocycles. The summed E-state index contributed by atoms with van der Waals surface area (Å²) in [5.74, 6) is 0.811. The van der Waals surface area contributed by atoms with E-state index in [-0.39, 0.29) is 18.6 Å². The lowest BCUT2D eigenvalue weighted by Crippen LogP contribution is -2.51. The van der Waals surface area contributed by atoms with Crippen LogP contribution in [-0.4, -0.2) is 72.9 Å². The Bertz CT molecular complexity index is 1820. The van der Waals surface area contributed by atoms with Gasteiger partial charge in [-0.15, -0.1) is 0 Å². The van der Waals surface area contributed by atoms with E-state index in [0.29, 0.717) is 51.1 Å². The van der Waals surface area contributed by atoms with E-state index < -0.39 is 6.09 Å². The standard InChI is InChI=1S/C39H45N7O3/c1-27-9-6-12-29-13-7-15-35(36(27)29)45-21-17-32-34(24-45)41-38(48-26-31-14-8-20-44(31)2)43-37(32)46-22-18-33(30(23-46)16-19-40)42-39(47)49-25-28-10-4-3-5-11-28/h3-7,9-13,15,30-31,33H,8,14,16-18,20-26H2,1-2H3,(H,42,47)/t30-,31-,33-/m0/s1. The van der Waals surface area contributed by atoms with E-state index >= 15 is 0 Å². The Balaban J connectivity index is 1.13. The highest BCUT2D eigenvalue weighted by molar-refractivity contribution is 5.97. The summed E-state index contributed by atoms with van der Waals surface area (Å²) < 4.78 is 11.9. The SMILES string of the molecule is Cc1cccc2cccc(N3CCc4c(nc(OC[C@@H]5CCCN5C)nc4N4CC[C@H](NC(=O)OCc5ccccc5)[C@@H](CC#N)C4)C3)c12. The molecule has 7 rings (SSSR count). The lowest BCUT2D eigenvalue weighted by molar-refractivity contribution is 0.129. The van der Waals surface area contributed by atoms with Crippen LogP contribution in [0.15, 0.2) is 66.7 Å². The number of piperidine rings is 1. The zero-order valence-corrected chi connectivity index (χ0v) is 28.5. The summed E-state index contributed by atoms with van der Waals surface area (Å²) in [6.45, 7) is 6.79. The molecule has 1 N–H and O–H groups in total. The smallest absolute Gasteiger partial charge is 0.407 e. The Hall–Kier alpha value is -4.88. The molecule has 254 valence electrons. The number of carbonyl (C=O) groups is 1. The summed E-state index contributed by atoms with van der Waals surface area (Å²) in [7, 11) is 2.15. The third kappa shape index (κ3) is 7.27. The van der Waals surface area contributed by atoms with E-state index in [1.807, 2.05) is 30.3 Å². The minimum absolute atomic E-state index is 0.0797. The number of hydrogen-bond acceptors (Lipinski definition) is 9. The molecule has 3 aliphatic heterocycles. The Morgan fingerprint density at radius 3 is 2.63 bits per heavy atom. The predicted molar refractivity (Wildman–Crippen MR) is 191 cm³/mol. The van der Waals surface area contributed by atoms with Gasteiger partial charge in [-0.05, 0) is 68.8 Å². The van der Waals surface area contributed by atoms with Crippen LogP contribution in [0, 0.1) is 24.2 Å². The highest BCUT2D eigenvalue weighted by Gasteiger charge is 2.34. The fourth-order valence-electron chi connectivity index (χ4n) is 7.70. The Kier molecular flexibility index (Phi) is 9.80. The van der Waals surface area contributed by atoms with Gasteiger partial charge in [0.2, 0.25) is 0 Å². The highest BCUT2D eigenvalue weighted by Crippen LogP contribution is 2.36. The van der Waals surface area contributed by atoms with Gasteiger partial charge in [0, 0.05) is 60.7 Å². The maximum Gasteiger partial charge on any atom is 0.407 e. The Labute approximate surface area is 288 Å². The van der Waals surface area contributed by atoms with Gasteiger partial charge in [-0.1, -0.05) is 60.7 Å². The van der Waals surface area contributed by atoms with Crippen molar-refractivity contribution in [3.8, 4) is 12.1 Å². The second-order valence-electron chi connectivity index (χ2n) is 13.6. The van der Waals surface area contributed by atoms with Crippen LogP contribution in [0.5, 0.6) is 6.01 Å². The molecular formula is C39H45N7O3. The van der Waals surface area contributed by atoms with Crippen molar-refractivity contribution in [1.82, 2.24) is 20.2 Å². The van der Waals surface area contributed by atoms with Gasteiger partial charge < -0.3 is 29.5 Å². The van der Waals surface area contributed by atoms with Crippen LogP contribution in [0.2, 0.25) is 0 Å². The molecule has 10 nitrogen and oxygen atoms in total. The van der Waals surface area contributed by atoms with Crippen LogP contribution in [0.4, 0.5) is 16.3 Å². The summed E-state index contributed by atoms with van der Waals surface area (Å²) in [4.78, 5) is 30.0. The molecule has 0 unspecified atom stereocenters. The maximum atomic E-state index is 12.8. The molecule has 1 amide bonds. The van der Waals surface area contributed by atoms with Crippen molar-refractivity contribution < 1.29 is 14.3 Å². The zero-order chi connectivity index (χ0) is 33.7. The van der Waals surface area contributed by atoms with Gasteiger partial charge in [0.05, 0.1) is 18.3 Å². The molecule has 3 aromatic carbocycles. The van der Waals surface area contributed by atoms with Gasteiger partial charge >= 0.3 is 12.1 Å². The zero-order valence-electron chi connectivity index (χ0n) is 28.5. The minimum Gasteiger partial charge on any atom is -0.462 e. The van der Waals surface area contributed by atoms with E-state index in [9.17, 15) is 10.1 Å². The van der Waals surface area contributed by atoms with Crippen LogP contribution < -0.4 is 19.9 Å². The average molecular weight is 660 g/mol. The molecule has 1 aromatic heterocycles. The molecule has 49 heavy (non-hydrogen) atoms. The summed E-state index contributed by atoms with van der Waals surface area (Å²) in [6.07, 6.45) is 3.61. The van der Waals surface area contributed by atoms with Crippen molar-refractivity contribution >= 4 is 28.4 Å². The molecular weight excluding hydrogens is 614 g/mol. The van der Waals surface area contributed by atoms with Crippen molar-refractivity contribution in [2.75, 3.05) is 49.6 Å². The molecule has 0 saturated carbocycles. The number of alkyl carbamates (subject to hydrolysis) is 1. The first kappa shape index (κ1) is 32.7. The Morgan fingerprint density at radius 1 is 1.00 bits per heavy atom. The molecule has 0 radical (unpaired) electrons. The molecule has 0 spiro atoms. The number of nitriles is 1. The van der Waals surface area contributed by atoms with Crippen molar-refractivity contribution in [1.29, 1.82) is 5.26 Å². The number of nitrogens with one attached hydrogen (secondary N) is 1. The van der Waals surface area contributed by atoms with Gasteiger partial charge in [-0.25, -0.2) is 4.79 Å². The van der Waals surface area contributed by atoms with Gasteiger partial charge in [-0.3, -0.25) is 0 Å². The van der Waals surface area contributed by atoms with Crippen molar-refractivity contribution in [2.45, 2.75) is 64.3 Å². The fraction of sp³-hybridized carbons (Fsp3) is 0.436. The number of amides is 1. The number of ether oxygens (including phenoxy) is 2. The second-order valence-corrected chi connectivity index (χ2v) is 13.6. The second kappa shape index (κ2) is 14.7. The first-order valence-corrected chi connectivity index (χ1v) is 17.5. The molecule has 2 fully saturated rings. The lowest BCUT2D eigenvalue weighted by Gasteiger charge is -2.40. The summed E-state index contributed by atoms with van der Waals surface area (Å²) in [5, 5.41) is 15.3. The molecule has 3 atom stereocenters. The fourth-order valence-corrected chi connectivity index (χ4v) is 7.70. The summed E-state index contributed by atoms with van der Waals surface area (Å²) in [5.41, 5.74) is 5.54. The number of likely N-dealkylation sites (N-methyl/N-ethyl adjacent to an activating group) is 1. The molecule has 0 bridgehead atoms. The van der Waals surface area contributed by atoms with E-state index in [4.69, 9.17) is 19.4 Å². The average Bonchev–Trinajstić information content (AvgIpc) is 3.54. The van der Waals surface area contributed by atoms with Crippen LogP contribution in [0.25, 0.3) is 10.8 Å². The summed E-state index contributed by atoms with van der Waals surface area (Å²) in [6, 6.07) is 25.6. The highest BCUT2D eigenvalue weighted by atomic mass is 16.5. The monoisotopic (exact) mass is 659 g/mol. The molecule has 0 aliphatic carbocycles. The number of fused-ring (bicyclic) bond motifs is 2. The van der Waals surface area contributed by atoms with Gasteiger partial charge in [0.25, 0.3) is 0 Å². The molecule has 3 aliphatic rings. The first-order valence-electron chi connectivity index (χ1n) is 17.5. The normalized spacial score (nSPS) is 20.9. The Morgan fingerprint density at radius 2 is 1.84 bits per heavy atom. The van der Waals surface area contributed by atoms with E-state index in [1.165, 1.54) is 28.4 Å². The number of aromatic nitrogens is 2. The van der Waals surface area contributed by atoms with E-state index in [2.05, 4.69) is 76.5 Å². The third-order valence-corrected chi connectivity index (χ3v) is 10.4. The van der Waals surface area contributed by atoms with Crippen molar-refractivity contribution in [3.63, 3.8) is 0 Å². The maximum absolute atomic E-state index is 12.8. The minimum atomic E-state index is -0.457. The number of nitrogens with zero attached hydrogens (tertiary/aromatic N) is 6. The van der Waals surface area contributed by atoms with Gasteiger partial charge in [0.1, 0.15) is 19.0 Å². The van der Waals surface area contributed by atoms with E-state index in [0.717, 1.165) is 48.6 Å². The number of aryl methyl sites for hydroxylation is 1.